The second-order valence-corrected chi connectivity index (χ2v) is 6.40. The van der Waals surface area contributed by atoms with Crippen molar-refractivity contribution in [3.05, 3.63) is 48.3 Å². The number of para-hydroxylation sites is 1. The van der Waals surface area contributed by atoms with E-state index in [1.807, 2.05) is 30.3 Å². The fraction of sp³-hybridized carbons (Fsp3) is 0.474. The minimum atomic E-state index is -0.327. The van der Waals surface area contributed by atoms with E-state index in [1.54, 1.807) is 12.4 Å². The number of anilines is 1. The summed E-state index contributed by atoms with van der Waals surface area (Å²) in [6.07, 6.45) is 4.24. The third-order valence-electron chi connectivity index (χ3n) is 4.70. The number of hydrogen-bond acceptors (Lipinski definition) is 7. The highest BCUT2D eigenvalue weighted by Gasteiger charge is 2.22. The average molecular weight is 356 g/mol. The summed E-state index contributed by atoms with van der Waals surface area (Å²) in [4.78, 5) is 13.3. The van der Waals surface area contributed by atoms with E-state index in [0.29, 0.717) is 6.61 Å². The lowest BCUT2D eigenvalue weighted by molar-refractivity contribution is -0.194. The summed E-state index contributed by atoms with van der Waals surface area (Å²) in [6, 6.07) is 9.72. The Morgan fingerprint density at radius 3 is 2.69 bits per heavy atom. The molecule has 0 N–H and O–H groups in total. The Kier molecular flexibility index (Phi) is 5.59. The normalized spacial score (nSPS) is 20.5. The minimum absolute atomic E-state index is 0.241. The third-order valence-corrected chi connectivity index (χ3v) is 4.70. The van der Waals surface area contributed by atoms with Crippen molar-refractivity contribution < 1.29 is 14.2 Å². The second kappa shape index (κ2) is 8.44. The van der Waals surface area contributed by atoms with E-state index < -0.39 is 0 Å². The first-order valence-corrected chi connectivity index (χ1v) is 9.09. The summed E-state index contributed by atoms with van der Waals surface area (Å²) in [7, 11) is 0. The maximum Gasteiger partial charge on any atom is 0.225 e. The Morgan fingerprint density at radius 2 is 1.85 bits per heavy atom. The molecule has 1 atom stereocenters. The van der Waals surface area contributed by atoms with E-state index in [-0.39, 0.29) is 13.1 Å². The highest BCUT2D eigenvalue weighted by Crippen LogP contribution is 2.32. The Labute approximate surface area is 153 Å². The van der Waals surface area contributed by atoms with E-state index in [2.05, 4.69) is 19.8 Å². The van der Waals surface area contributed by atoms with E-state index in [0.717, 1.165) is 56.4 Å². The molecule has 3 heterocycles. The first-order chi connectivity index (χ1) is 12.9. The van der Waals surface area contributed by atoms with Crippen molar-refractivity contribution in [2.24, 2.45) is 0 Å². The van der Waals surface area contributed by atoms with Crippen molar-refractivity contribution in [3.63, 3.8) is 0 Å². The summed E-state index contributed by atoms with van der Waals surface area (Å²) in [5, 5.41) is 0. The first-order valence-electron chi connectivity index (χ1n) is 9.09. The molecular weight excluding hydrogens is 332 g/mol. The van der Waals surface area contributed by atoms with Gasteiger partial charge in [-0.2, -0.15) is 0 Å². The van der Waals surface area contributed by atoms with Gasteiger partial charge in [-0.25, -0.2) is 9.97 Å². The number of benzene rings is 1. The zero-order chi connectivity index (χ0) is 17.6. The molecule has 1 aromatic heterocycles. The summed E-state index contributed by atoms with van der Waals surface area (Å²) < 4.78 is 17.0. The van der Waals surface area contributed by atoms with Crippen molar-refractivity contribution in [2.45, 2.75) is 12.7 Å². The molecule has 0 saturated carbocycles. The lowest BCUT2D eigenvalue weighted by atomic mass is 10.2. The molecule has 2 aromatic rings. The maximum atomic E-state index is 5.93. The highest BCUT2D eigenvalue weighted by atomic mass is 16.8. The summed E-state index contributed by atoms with van der Waals surface area (Å²) in [6.45, 7) is 5.90. The number of aromatic nitrogens is 2. The van der Waals surface area contributed by atoms with E-state index >= 15 is 0 Å². The van der Waals surface area contributed by atoms with E-state index in [9.17, 15) is 0 Å². The van der Waals surface area contributed by atoms with Gasteiger partial charge in [0.05, 0.1) is 6.61 Å². The van der Waals surface area contributed by atoms with Crippen LogP contribution in [0.25, 0.3) is 0 Å². The first kappa shape index (κ1) is 17.2. The highest BCUT2D eigenvalue weighted by molar-refractivity contribution is 5.35. The van der Waals surface area contributed by atoms with Gasteiger partial charge in [0, 0.05) is 50.7 Å². The van der Waals surface area contributed by atoms with Gasteiger partial charge in [-0.05, 0) is 18.6 Å². The lowest BCUT2D eigenvalue weighted by Crippen LogP contribution is -2.47. The number of fused-ring (bicyclic) bond motifs is 1. The van der Waals surface area contributed by atoms with E-state index in [4.69, 9.17) is 14.2 Å². The molecule has 0 aliphatic carbocycles. The Balaban J connectivity index is 1.18. The molecular formula is C19H24N4O3. The summed E-state index contributed by atoms with van der Waals surface area (Å²) >= 11 is 0. The predicted octanol–water partition coefficient (Wildman–Crippen LogP) is 2.07. The predicted molar refractivity (Wildman–Crippen MR) is 97.0 cm³/mol. The van der Waals surface area contributed by atoms with Gasteiger partial charge < -0.3 is 19.1 Å². The molecule has 0 bridgehead atoms. The van der Waals surface area contributed by atoms with Crippen LogP contribution in [0.5, 0.6) is 5.75 Å². The van der Waals surface area contributed by atoms with Gasteiger partial charge in [-0.15, -0.1) is 0 Å². The molecule has 7 nitrogen and oxygen atoms in total. The molecule has 1 aromatic carbocycles. The summed E-state index contributed by atoms with van der Waals surface area (Å²) in [5.74, 6) is 1.67. The molecule has 1 saturated heterocycles. The minimum Gasteiger partial charge on any atom is -0.467 e. The SMILES string of the molecule is c1cnc(N2CCN(CCCOC3OCOc4ccccc43)CC2)nc1. The van der Waals surface area contributed by atoms with Crippen molar-refractivity contribution in [2.75, 3.05) is 51.0 Å². The van der Waals surface area contributed by atoms with Crippen molar-refractivity contribution in [3.8, 4) is 5.75 Å². The molecule has 4 rings (SSSR count). The average Bonchev–Trinajstić information content (AvgIpc) is 2.72. The zero-order valence-corrected chi connectivity index (χ0v) is 14.8. The molecule has 2 aliphatic heterocycles. The molecule has 138 valence electrons. The van der Waals surface area contributed by atoms with Crippen LogP contribution in [0.1, 0.15) is 18.3 Å². The Hall–Kier alpha value is -2.22. The largest absolute Gasteiger partial charge is 0.467 e. The van der Waals surface area contributed by atoms with Crippen LogP contribution in [0.3, 0.4) is 0 Å². The Morgan fingerprint density at radius 1 is 1.04 bits per heavy atom. The van der Waals surface area contributed by atoms with Crippen LogP contribution in [0.4, 0.5) is 5.95 Å². The lowest BCUT2D eigenvalue weighted by Gasteiger charge is -2.34. The van der Waals surface area contributed by atoms with Crippen LogP contribution in [0, 0.1) is 0 Å². The van der Waals surface area contributed by atoms with Gasteiger partial charge in [0.1, 0.15) is 5.75 Å². The third kappa shape index (κ3) is 4.12. The molecule has 26 heavy (non-hydrogen) atoms. The smallest absolute Gasteiger partial charge is 0.225 e. The van der Waals surface area contributed by atoms with Gasteiger partial charge in [-0.1, -0.05) is 18.2 Å². The monoisotopic (exact) mass is 356 g/mol. The number of hydrogen-bond donors (Lipinski definition) is 0. The van der Waals surface area contributed by atoms with Crippen LogP contribution in [0.2, 0.25) is 0 Å². The standard InChI is InChI=1S/C19H24N4O3/c1-2-6-17-16(5-1)18(26-15-25-17)24-14-4-9-22-10-12-23(13-11-22)19-20-7-3-8-21-19/h1-3,5-8,18H,4,9-15H2. The molecule has 2 aliphatic rings. The van der Waals surface area contributed by atoms with Gasteiger partial charge in [0.15, 0.2) is 13.1 Å². The Bertz CT molecular complexity index is 692. The van der Waals surface area contributed by atoms with Crippen LogP contribution < -0.4 is 9.64 Å². The van der Waals surface area contributed by atoms with Gasteiger partial charge in [0.25, 0.3) is 0 Å². The van der Waals surface area contributed by atoms with Crippen LogP contribution in [-0.2, 0) is 9.47 Å². The van der Waals surface area contributed by atoms with Crippen LogP contribution >= 0.6 is 0 Å². The molecule has 0 spiro atoms. The summed E-state index contributed by atoms with van der Waals surface area (Å²) in [5.41, 5.74) is 0.968. The van der Waals surface area contributed by atoms with Gasteiger partial charge in [0.2, 0.25) is 5.95 Å². The van der Waals surface area contributed by atoms with E-state index in [1.165, 1.54) is 0 Å². The van der Waals surface area contributed by atoms with Gasteiger partial charge in [-0.3, -0.25) is 4.90 Å². The number of piperazine rings is 1. The molecule has 0 amide bonds. The van der Waals surface area contributed by atoms with Crippen LogP contribution in [-0.4, -0.2) is 61.0 Å². The quantitative estimate of drug-likeness (QED) is 0.734. The van der Waals surface area contributed by atoms with Crippen LogP contribution in [0.15, 0.2) is 42.7 Å². The number of rotatable bonds is 6. The second-order valence-electron chi connectivity index (χ2n) is 6.40. The molecule has 0 radical (unpaired) electrons. The number of ether oxygens (including phenoxy) is 3. The molecule has 1 fully saturated rings. The topological polar surface area (TPSA) is 60.0 Å². The maximum absolute atomic E-state index is 5.93. The zero-order valence-electron chi connectivity index (χ0n) is 14.8. The van der Waals surface area contributed by atoms with Crippen molar-refractivity contribution in [1.29, 1.82) is 0 Å². The number of nitrogens with zero attached hydrogens (tertiary/aromatic N) is 4. The molecule has 7 heteroatoms. The molecule has 1 unspecified atom stereocenters. The fourth-order valence-corrected chi connectivity index (χ4v) is 3.30. The van der Waals surface area contributed by atoms with Crippen molar-refractivity contribution in [1.82, 2.24) is 14.9 Å². The van der Waals surface area contributed by atoms with Gasteiger partial charge >= 0.3 is 0 Å². The fourth-order valence-electron chi connectivity index (χ4n) is 3.30. The van der Waals surface area contributed by atoms with Crippen molar-refractivity contribution >= 4 is 5.95 Å².